The van der Waals surface area contributed by atoms with E-state index in [1.807, 2.05) is 61.2 Å². The van der Waals surface area contributed by atoms with Crippen molar-refractivity contribution in [2.24, 2.45) is 0 Å². The summed E-state index contributed by atoms with van der Waals surface area (Å²) in [5.74, 6) is 0. The quantitative estimate of drug-likeness (QED) is 0.293. The topological polar surface area (TPSA) is 77.8 Å². The van der Waals surface area contributed by atoms with Gasteiger partial charge >= 0.3 is 0 Å². The molecule has 6 aromatic rings. The van der Waals surface area contributed by atoms with Gasteiger partial charge in [0.25, 0.3) is 0 Å². The molecule has 34 heavy (non-hydrogen) atoms. The molecule has 4 heteroatoms. The Kier molecular flexibility index (Phi) is 4.70. The zero-order valence-electron chi connectivity index (χ0n) is 18.4. The molecule has 4 nitrogen and oxygen atoms in total. The Morgan fingerprint density at radius 3 is 1.24 bits per heavy atom. The fourth-order valence-corrected chi connectivity index (χ4v) is 4.70. The van der Waals surface area contributed by atoms with Crippen LogP contribution in [0, 0.1) is 0 Å². The van der Waals surface area contributed by atoms with E-state index in [-0.39, 0.29) is 0 Å². The molecule has 4 aromatic carbocycles. The highest BCUT2D eigenvalue weighted by Crippen LogP contribution is 2.43. The molecule has 0 aliphatic rings. The maximum absolute atomic E-state index is 6.58. The molecule has 0 aliphatic carbocycles. The summed E-state index contributed by atoms with van der Waals surface area (Å²) in [6, 6.07) is 29.1. The van der Waals surface area contributed by atoms with Gasteiger partial charge in [0.2, 0.25) is 0 Å². The lowest BCUT2D eigenvalue weighted by Crippen LogP contribution is -1.97. The predicted molar refractivity (Wildman–Crippen MR) is 142 cm³/mol. The van der Waals surface area contributed by atoms with Gasteiger partial charge in [0.1, 0.15) is 0 Å². The number of fused-ring (bicyclic) bond motifs is 2. The molecule has 162 valence electrons. The van der Waals surface area contributed by atoms with Crippen molar-refractivity contribution < 1.29 is 0 Å². The largest absolute Gasteiger partial charge is 0.398 e. The van der Waals surface area contributed by atoms with E-state index in [0.717, 1.165) is 54.9 Å². The van der Waals surface area contributed by atoms with Gasteiger partial charge in [-0.3, -0.25) is 9.97 Å². The van der Waals surface area contributed by atoms with E-state index < -0.39 is 0 Å². The Morgan fingerprint density at radius 2 is 0.824 bits per heavy atom. The predicted octanol–water partition coefficient (Wildman–Crippen LogP) is 6.95. The molecule has 0 fully saturated rings. The van der Waals surface area contributed by atoms with Crippen molar-refractivity contribution in [3.05, 3.63) is 110 Å². The molecule has 0 aliphatic heterocycles. The molecular weight excluding hydrogens is 416 g/mol. The summed E-state index contributed by atoms with van der Waals surface area (Å²) in [4.78, 5) is 8.26. The number of rotatable bonds is 3. The zero-order chi connectivity index (χ0) is 23.1. The molecule has 0 saturated carbocycles. The number of hydrogen-bond acceptors (Lipinski definition) is 4. The van der Waals surface area contributed by atoms with Crippen molar-refractivity contribution in [1.29, 1.82) is 0 Å². The van der Waals surface area contributed by atoms with E-state index in [4.69, 9.17) is 11.5 Å². The summed E-state index contributed by atoms with van der Waals surface area (Å²) in [5, 5.41) is 4.39. The molecular formula is C30H22N4. The van der Waals surface area contributed by atoms with Crippen molar-refractivity contribution in [3.63, 3.8) is 0 Å². The summed E-state index contributed by atoms with van der Waals surface area (Å²) < 4.78 is 0. The average Bonchev–Trinajstić information content (AvgIpc) is 2.90. The molecule has 0 spiro atoms. The highest BCUT2D eigenvalue weighted by molar-refractivity contribution is 6.13. The Hall–Kier alpha value is -4.70. The standard InChI is InChI=1S/C30H22N4/c31-27-7-3-23-17-21(19-9-13-33-14-10-19)1-5-25(23)29(27)30-26-6-2-22(20-11-15-34-16-12-20)18-24(26)4-8-28(30)32/h1-18H,31-32H2. The van der Waals surface area contributed by atoms with Crippen LogP contribution in [-0.4, -0.2) is 9.97 Å². The van der Waals surface area contributed by atoms with E-state index in [0.29, 0.717) is 11.4 Å². The summed E-state index contributed by atoms with van der Waals surface area (Å²) in [6.07, 6.45) is 7.24. The Balaban J connectivity index is 1.57. The molecule has 0 bridgehead atoms. The minimum atomic E-state index is 0.710. The summed E-state index contributed by atoms with van der Waals surface area (Å²) in [5.41, 5.74) is 21.0. The van der Waals surface area contributed by atoms with Gasteiger partial charge in [0.15, 0.2) is 0 Å². The van der Waals surface area contributed by atoms with E-state index in [9.17, 15) is 0 Å². The van der Waals surface area contributed by atoms with Crippen LogP contribution in [-0.2, 0) is 0 Å². The molecule has 0 atom stereocenters. The number of hydrogen-bond donors (Lipinski definition) is 2. The number of nitrogens with zero attached hydrogens (tertiary/aromatic N) is 2. The first kappa shape index (κ1) is 19.9. The number of nitrogen functional groups attached to an aromatic ring is 2. The second-order valence-corrected chi connectivity index (χ2v) is 8.40. The maximum atomic E-state index is 6.58. The van der Waals surface area contributed by atoms with Crippen LogP contribution < -0.4 is 11.5 Å². The van der Waals surface area contributed by atoms with Gasteiger partial charge in [0, 0.05) is 47.3 Å². The third kappa shape index (κ3) is 3.33. The first-order valence-electron chi connectivity index (χ1n) is 11.1. The zero-order valence-corrected chi connectivity index (χ0v) is 18.4. The Morgan fingerprint density at radius 1 is 0.412 bits per heavy atom. The smallest absolute Gasteiger partial charge is 0.0401 e. The van der Waals surface area contributed by atoms with Crippen LogP contribution in [0.3, 0.4) is 0 Å². The van der Waals surface area contributed by atoms with Gasteiger partial charge in [-0.2, -0.15) is 0 Å². The molecule has 4 N–H and O–H groups in total. The Bertz CT molecular complexity index is 1530. The second-order valence-electron chi connectivity index (χ2n) is 8.40. The minimum absolute atomic E-state index is 0.710. The van der Waals surface area contributed by atoms with E-state index in [1.165, 1.54) is 0 Å². The SMILES string of the molecule is Nc1ccc2cc(-c3ccncc3)ccc2c1-c1c(N)ccc2cc(-c3ccncc3)ccc12. The van der Waals surface area contributed by atoms with Gasteiger partial charge in [-0.15, -0.1) is 0 Å². The second kappa shape index (κ2) is 8.01. The van der Waals surface area contributed by atoms with Crippen LogP contribution >= 0.6 is 0 Å². The third-order valence-electron chi connectivity index (χ3n) is 6.38. The van der Waals surface area contributed by atoms with Crippen LogP contribution in [0.4, 0.5) is 11.4 Å². The maximum Gasteiger partial charge on any atom is 0.0401 e. The van der Waals surface area contributed by atoms with Gasteiger partial charge in [-0.1, -0.05) is 36.4 Å². The first-order valence-corrected chi connectivity index (χ1v) is 11.1. The highest BCUT2D eigenvalue weighted by atomic mass is 14.6. The fourth-order valence-electron chi connectivity index (χ4n) is 4.70. The van der Waals surface area contributed by atoms with Crippen LogP contribution in [0.1, 0.15) is 0 Å². The van der Waals surface area contributed by atoms with E-state index in [2.05, 4.69) is 58.5 Å². The van der Waals surface area contributed by atoms with Gasteiger partial charge in [0.05, 0.1) is 0 Å². The van der Waals surface area contributed by atoms with Crippen molar-refractivity contribution in [3.8, 4) is 33.4 Å². The lowest BCUT2D eigenvalue weighted by molar-refractivity contribution is 1.33. The van der Waals surface area contributed by atoms with Crippen molar-refractivity contribution in [2.75, 3.05) is 11.5 Å². The third-order valence-corrected chi connectivity index (χ3v) is 6.38. The summed E-state index contributed by atoms with van der Waals surface area (Å²) in [7, 11) is 0. The van der Waals surface area contributed by atoms with Crippen LogP contribution in [0.5, 0.6) is 0 Å². The number of nitrogens with two attached hydrogens (primary N) is 2. The summed E-state index contributed by atoms with van der Waals surface area (Å²) >= 11 is 0. The van der Waals surface area contributed by atoms with Crippen molar-refractivity contribution >= 4 is 32.9 Å². The number of anilines is 2. The van der Waals surface area contributed by atoms with Crippen LogP contribution in [0.25, 0.3) is 54.9 Å². The molecule has 0 amide bonds. The van der Waals surface area contributed by atoms with Gasteiger partial charge in [-0.05, 0) is 92.3 Å². The fraction of sp³-hybridized carbons (Fsp3) is 0. The average molecular weight is 439 g/mol. The lowest BCUT2D eigenvalue weighted by Gasteiger charge is -2.17. The normalized spacial score (nSPS) is 11.2. The van der Waals surface area contributed by atoms with Crippen LogP contribution in [0.15, 0.2) is 110 Å². The molecule has 0 radical (unpaired) electrons. The molecule has 6 rings (SSSR count). The summed E-state index contributed by atoms with van der Waals surface area (Å²) in [6.45, 7) is 0. The molecule has 0 unspecified atom stereocenters. The monoisotopic (exact) mass is 438 g/mol. The van der Waals surface area contributed by atoms with Crippen molar-refractivity contribution in [1.82, 2.24) is 9.97 Å². The first-order chi connectivity index (χ1) is 16.7. The lowest BCUT2D eigenvalue weighted by atomic mass is 9.89. The van der Waals surface area contributed by atoms with Gasteiger partial charge in [-0.25, -0.2) is 0 Å². The number of aromatic nitrogens is 2. The number of pyridine rings is 2. The number of benzene rings is 4. The molecule has 0 saturated heterocycles. The van der Waals surface area contributed by atoms with Gasteiger partial charge < -0.3 is 11.5 Å². The molecule has 2 heterocycles. The molecule has 2 aromatic heterocycles. The Labute approximate surface area is 197 Å². The van der Waals surface area contributed by atoms with Crippen molar-refractivity contribution in [2.45, 2.75) is 0 Å². The highest BCUT2D eigenvalue weighted by Gasteiger charge is 2.16. The van der Waals surface area contributed by atoms with E-state index >= 15 is 0 Å². The van der Waals surface area contributed by atoms with E-state index in [1.54, 1.807) is 0 Å². The minimum Gasteiger partial charge on any atom is -0.398 e. The van der Waals surface area contributed by atoms with Crippen LogP contribution in [0.2, 0.25) is 0 Å².